The summed E-state index contributed by atoms with van der Waals surface area (Å²) in [7, 11) is 0. The van der Waals surface area contributed by atoms with E-state index >= 15 is 0 Å². The number of rotatable bonds is 3. The van der Waals surface area contributed by atoms with Crippen LogP contribution in [0.25, 0.3) is 0 Å². The number of aromatic nitrogens is 2. The minimum atomic E-state index is -0.0400. The quantitative estimate of drug-likeness (QED) is 0.865. The van der Waals surface area contributed by atoms with Crippen LogP contribution < -0.4 is 4.74 Å². The molecule has 1 atom stereocenters. The van der Waals surface area contributed by atoms with Crippen LogP contribution in [0.15, 0.2) is 42.7 Å². The molecule has 5 nitrogen and oxygen atoms in total. The molecule has 1 aliphatic heterocycles. The molecule has 0 N–H and O–H groups in total. The first kappa shape index (κ1) is 13.5. The minimum Gasteiger partial charge on any atom is -0.458 e. The fourth-order valence-electron chi connectivity index (χ4n) is 2.38. The van der Waals surface area contributed by atoms with Crippen molar-refractivity contribution in [2.24, 2.45) is 0 Å². The van der Waals surface area contributed by atoms with Crippen molar-refractivity contribution in [2.75, 3.05) is 13.1 Å². The van der Waals surface area contributed by atoms with Crippen molar-refractivity contribution in [2.45, 2.75) is 19.4 Å². The predicted octanol–water partition coefficient (Wildman–Crippen LogP) is 2.08. The summed E-state index contributed by atoms with van der Waals surface area (Å²) < 4.78 is 5.69. The Kier molecular flexibility index (Phi) is 3.81. The second-order valence-electron chi connectivity index (χ2n) is 5.18. The molecule has 0 bridgehead atoms. The first-order valence-corrected chi connectivity index (χ1v) is 7.02. The lowest BCUT2D eigenvalue weighted by molar-refractivity contribution is 0.0769. The zero-order valence-corrected chi connectivity index (χ0v) is 11.9. The van der Waals surface area contributed by atoms with Crippen molar-refractivity contribution in [3.8, 4) is 6.01 Å². The molecular formula is C16H17N3O2. The average Bonchev–Trinajstić information content (AvgIpc) is 2.97. The Labute approximate surface area is 123 Å². The van der Waals surface area contributed by atoms with E-state index in [2.05, 4.69) is 9.97 Å². The molecule has 0 spiro atoms. The molecule has 1 amide bonds. The number of ether oxygens (including phenoxy) is 1. The summed E-state index contributed by atoms with van der Waals surface area (Å²) in [6, 6.07) is 9.75. The molecule has 0 radical (unpaired) electrons. The van der Waals surface area contributed by atoms with Crippen LogP contribution in [-0.4, -0.2) is 40.0 Å². The van der Waals surface area contributed by atoms with Gasteiger partial charge in [-0.05, 0) is 25.1 Å². The van der Waals surface area contributed by atoms with Gasteiger partial charge in [-0.2, -0.15) is 0 Å². The van der Waals surface area contributed by atoms with Gasteiger partial charge in [0.2, 0.25) is 0 Å². The number of hydrogen-bond acceptors (Lipinski definition) is 4. The molecule has 108 valence electrons. The van der Waals surface area contributed by atoms with Crippen LogP contribution in [0.5, 0.6) is 6.01 Å². The van der Waals surface area contributed by atoms with E-state index < -0.39 is 0 Å². The number of nitrogens with zero attached hydrogens (tertiary/aromatic N) is 3. The smallest absolute Gasteiger partial charge is 0.316 e. The van der Waals surface area contributed by atoms with E-state index in [-0.39, 0.29) is 12.0 Å². The summed E-state index contributed by atoms with van der Waals surface area (Å²) in [6.45, 7) is 3.28. The zero-order valence-electron chi connectivity index (χ0n) is 11.9. The minimum absolute atomic E-state index is 0.0400. The Hall–Kier alpha value is -2.43. The number of aryl methyl sites for hydroxylation is 1. The summed E-state index contributed by atoms with van der Waals surface area (Å²) >= 11 is 0. The Balaban J connectivity index is 1.61. The Morgan fingerprint density at radius 2 is 1.95 bits per heavy atom. The zero-order chi connectivity index (χ0) is 14.7. The van der Waals surface area contributed by atoms with Gasteiger partial charge in [0.1, 0.15) is 6.10 Å². The number of carbonyl (C=O) groups is 1. The molecule has 1 aromatic heterocycles. The van der Waals surface area contributed by atoms with Crippen molar-refractivity contribution in [3.63, 3.8) is 0 Å². The second-order valence-corrected chi connectivity index (χ2v) is 5.18. The van der Waals surface area contributed by atoms with Crippen molar-refractivity contribution < 1.29 is 9.53 Å². The van der Waals surface area contributed by atoms with Crippen LogP contribution in [0, 0.1) is 6.92 Å². The van der Waals surface area contributed by atoms with Gasteiger partial charge in [-0.15, -0.1) is 0 Å². The Morgan fingerprint density at radius 3 is 2.67 bits per heavy atom. The summed E-state index contributed by atoms with van der Waals surface area (Å²) in [5.41, 5.74) is 1.87. The van der Waals surface area contributed by atoms with E-state index in [1.54, 1.807) is 18.5 Å². The van der Waals surface area contributed by atoms with E-state index in [0.717, 1.165) is 17.5 Å². The molecule has 2 aromatic rings. The molecule has 5 heteroatoms. The molecule has 0 saturated carbocycles. The lowest BCUT2D eigenvalue weighted by Gasteiger charge is -2.16. The highest BCUT2D eigenvalue weighted by Crippen LogP contribution is 2.17. The fraction of sp³-hybridized carbons (Fsp3) is 0.312. The second kappa shape index (κ2) is 5.91. The number of benzene rings is 1. The van der Waals surface area contributed by atoms with Gasteiger partial charge in [-0.1, -0.05) is 17.7 Å². The molecule has 2 heterocycles. The van der Waals surface area contributed by atoms with E-state index in [9.17, 15) is 4.79 Å². The molecule has 1 aromatic carbocycles. The molecule has 1 aliphatic rings. The molecule has 1 unspecified atom stereocenters. The van der Waals surface area contributed by atoms with Crippen molar-refractivity contribution in [1.82, 2.24) is 14.9 Å². The van der Waals surface area contributed by atoms with Crippen LogP contribution in [0.3, 0.4) is 0 Å². The SMILES string of the molecule is Cc1ccc(C(=O)N2CCC(Oc3ncccn3)C2)cc1. The van der Waals surface area contributed by atoms with Crippen molar-refractivity contribution in [3.05, 3.63) is 53.9 Å². The van der Waals surface area contributed by atoms with Gasteiger partial charge in [-0.3, -0.25) is 4.79 Å². The normalized spacial score (nSPS) is 17.8. The predicted molar refractivity (Wildman–Crippen MR) is 78.1 cm³/mol. The number of carbonyl (C=O) groups excluding carboxylic acids is 1. The van der Waals surface area contributed by atoms with Crippen LogP contribution in [0.1, 0.15) is 22.3 Å². The van der Waals surface area contributed by atoms with Gasteiger partial charge >= 0.3 is 6.01 Å². The average molecular weight is 283 g/mol. The van der Waals surface area contributed by atoms with Crippen LogP contribution in [-0.2, 0) is 0 Å². The lowest BCUT2D eigenvalue weighted by Crippen LogP contribution is -2.31. The molecule has 0 aliphatic carbocycles. The first-order valence-electron chi connectivity index (χ1n) is 7.02. The summed E-state index contributed by atoms with van der Waals surface area (Å²) in [5, 5.41) is 0. The Bertz CT molecular complexity index is 613. The first-order chi connectivity index (χ1) is 10.2. The van der Waals surface area contributed by atoms with E-state index in [1.807, 2.05) is 36.1 Å². The third-order valence-corrected chi connectivity index (χ3v) is 3.54. The van der Waals surface area contributed by atoms with Gasteiger partial charge in [0, 0.05) is 30.9 Å². The van der Waals surface area contributed by atoms with Crippen LogP contribution in [0.4, 0.5) is 0 Å². The standard InChI is InChI=1S/C16H17N3O2/c1-12-3-5-13(6-4-12)15(20)19-10-7-14(11-19)21-16-17-8-2-9-18-16/h2-6,8-9,14H,7,10-11H2,1H3. The third kappa shape index (κ3) is 3.18. The summed E-state index contributed by atoms with van der Waals surface area (Å²) in [5.74, 6) is 0.0510. The lowest BCUT2D eigenvalue weighted by atomic mass is 10.1. The highest BCUT2D eigenvalue weighted by atomic mass is 16.5. The van der Waals surface area contributed by atoms with Gasteiger partial charge in [0.25, 0.3) is 5.91 Å². The number of likely N-dealkylation sites (tertiary alicyclic amines) is 1. The topological polar surface area (TPSA) is 55.3 Å². The van der Waals surface area contributed by atoms with Gasteiger partial charge < -0.3 is 9.64 Å². The van der Waals surface area contributed by atoms with E-state index in [1.165, 1.54) is 0 Å². The number of hydrogen-bond donors (Lipinski definition) is 0. The maximum atomic E-state index is 12.4. The van der Waals surface area contributed by atoms with Crippen molar-refractivity contribution >= 4 is 5.91 Å². The molecular weight excluding hydrogens is 266 g/mol. The summed E-state index contributed by atoms with van der Waals surface area (Å²) in [6.07, 6.45) is 4.05. The Morgan fingerprint density at radius 1 is 1.24 bits per heavy atom. The number of amides is 1. The van der Waals surface area contributed by atoms with Gasteiger partial charge in [0.15, 0.2) is 0 Å². The molecule has 3 rings (SSSR count). The summed E-state index contributed by atoms with van der Waals surface area (Å²) in [4.78, 5) is 22.3. The molecule has 1 fully saturated rings. The fourth-order valence-corrected chi connectivity index (χ4v) is 2.38. The monoisotopic (exact) mass is 283 g/mol. The molecule has 21 heavy (non-hydrogen) atoms. The maximum absolute atomic E-state index is 12.4. The molecule has 1 saturated heterocycles. The third-order valence-electron chi connectivity index (χ3n) is 3.54. The van der Waals surface area contributed by atoms with Crippen molar-refractivity contribution in [1.29, 1.82) is 0 Å². The van der Waals surface area contributed by atoms with Gasteiger partial charge in [-0.25, -0.2) is 9.97 Å². The highest BCUT2D eigenvalue weighted by molar-refractivity contribution is 5.94. The van der Waals surface area contributed by atoms with Gasteiger partial charge in [0.05, 0.1) is 6.54 Å². The van der Waals surface area contributed by atoms with Crippen LogP contribution in [0.2, 0.25) is 0 Å². The van der Waals surface area contributed by atoms with Crippen LogP contribution >= 0.6 is 0 Å². The highest BCUT2D eigenvalue weighted by Gasteiger charge is 2.28. The van der Waals surface area contributed by atoms with E-state index in [0.29, 0.717) is 19.1 Å². The largest absolute Gasteiger partial charge is 0.458 e. The van der Waals surface area contributed by atoms with E-state index in [4.69, 9.17) is 4.74 Å². The maximum Gasteiger partial charge on any atom is 0.316 e.